The largest absolute Gasteiger partial charge is 0.495 e. The Morgan fingerprint density at radius 3 is 2.83 bits per heavy atom. The Morgan fingerprint density at radius 1 is 1.33 bits per heavy atom. The van der Waals surface area contributed by atoms with Gasteiger partial charge in [0.2, 0.25) is 0 Å². The van der Waals surface area contributed by atoms with Crippen molar-refractivity contribution in [3.8, 4) is 5.75 Å². The maximum Gasteiger partial charge on any atom is 0.135 e. The van der Waals surface area contributed by atoms with Gasteiger partial charge in [-0.25, -0.2) is 0 Å². The van der Waals surface area contributed by atoms with Gasteiger partial charge in [-0.2, -0.15) is 5.10 Å². The van der Waals surface area contributed by atoms with Crippen LogP contribution in [0.4, 0.5) is 0 Å². The molecule has 0 bridgehead atoms. The summed E-state index contributed by atoms with van der Waals surface area (Å²) in [5.74, 6) is 0.838. The van der Waals surface area contributed by atoms with Crippen molar-refractivity contribution in [2.75, 3.05) is 7.11 Å². The smallest absolute Gasteiger partial charge is 0.135 e. The summed E-state index contributed by atoms with van der Waals surface area (Å²) >= 11 is 3.52. The molecule has 18 heavy (non-hydrogen) atoms. The van der Waals surface area contributed by atoms with E-state index in [1.54, 1.807) is 7.11 Å². The molecule has 0 atom stereocenters. The van der Waals surface area contributed by atoms with Gasteiger partial charge < -0.3 is 4.74 Å². The molecule has 1 aromatic heterocycles. The minimum absolute atomic E-state index is 0.548. The lowest BCUT2D eigenvalue weighted by Crippen LogP contribution is -2.13. The second-order valence-corrected chi connectivity index (χ2v) is 5.61. The molecule has 1 saturated carbocycles. The van der Waals surface area contributed by atoms with Crippen LogP contribution in [-0.4, -0.2) is 16.9 Å². The molecular weight excluding hydrogens is 292 g/mol. The van der Waals surface area contributed by atoms with E-state index in [9.17, 15) is 0 Å². The Kier molecular flexibility index (Phi) is 3.29. The average Bonchev–Trinajstić information content (AvgIpc) is 2.81. The number of fused-ring (bicyclic) bond motifs is 1. The van der Waals surface area contributed by atoms with Crippen molar-refractivity contribution in [1.82, 2.24) is 9.78 Å². The van der Waals surface area contributed by atoms with E-state index in [0.29, 0.717) is 6.04 Å². The average molecular weight is 308 g/mol. The van der Waals surface area contributed by atoms with Gasteiger partial charge in [-0.3, -0.25) is 4.68 Å². The molecule has 3 rings (SSSR count). The number of rotatable bonds is 2. The van der Waals surface area contributed by atoms with Crippen LogP contribution in [0.5, 0.6) is 5.75 Å². The highest BCUT2D eigenvalue weighted by Crippen LogP contribution is 2.32. The number of methoxy groups -OCH3 is 1. The van der Waals surface area contributed by atoms with Crippen molar-refractivity contribution in [3.05, 3.63) is 29.2 Å². The second-order valence-electron chi connectivity index (χ2n) is 4.75. The van der Waals surface area contributed by atoms with E-state index >= 15 is 0 Å². The fourth-order valence-corrected chi connectivity index (χ4v) is 3.08. The lowest BCUT2D eigenvalue weighted by molar-refractivity contribution is 0.367. The summed E-state index contributed by atoms with van der Waals surface area (Å²) in [5.41, 5.74) is 1.00. The Bertz CT molecular complexity index is 558. The molecule has 1 aliphatic carbocycles. The number of benzene rings is 1. The SMILES string of the molecule is COc1cc2nn(C3CC[CH]CC3)cc2cc1Br. The van der Waals surface area contributed by atoms with Gasteiger partial charge >= 0.3 is 0 Å². The molecule has 1 aliphatic rings. The first-order valence-electron chi connectivity index (χ1n) is 6.32. The monoisotopic (exact) mass is 307 g/mol. The molecule has 0 unspecified atom stereocenters. The van der Waals surface area contributed by atoms with Crippen molar-refractivity contribution >= 4 is 26.8 Å². The first-order valence-corrected chi connectivity index (χ1v) is 7.11. The summed E-state index contributed by atoms with van der Waals surface area (Å²) in [6.45, 7) is 0. The van der Waals surface area contributed by atoms with Gasteiger partial charge in [-0.15, -0.1) is 0 Å². The van der Waals surface area contributed by atoms with Crippen LogP contribution in [0.1, 0.15) is 31.7 Å². The Labute approximate surface area is 115 Å². The van der Waals surface area contributed by atoms with Crippen LogP contribution in [0.3, 0.4) is 0 Å². The highest BCUT2D eigenvalue weighted by Gasteiger charge is 2.17. The fourth-order valence-electron chi connectivity index (χ4n) is 2.56. The van der Waals surface area contributed by atoms with Crippen molar-refractivity contribution in [1.29, 1.82) is 0 Å². The minimum Gasteiger partial charge on any atom is -0.495 e. The van der Waals surface area contributed by atoms with Gasteiger partial charge in [-0.1, -0.05) is 0 Å². The van der Waals surface area contributed by atoms with Crippen molar-refractivity contribution in [2.24, 2.45) is 0 Å². The maximum absolute atomic E-state index is 5.31. The highest BCUT2D eigenvalue weighted by molar-refractivity contribution is 9.10. The van der Waals surface area contributed by atoms with Crippen LogP contribution in [0, 0.1) is 6.42 Å². The topological polar surface area (TPSA) is 27.1 Å². The zero-order valence-electron chi connectivity index (χ0n) is 10.4. The van der Waals surface area contributed by atoms with Crippen LogP contribution in [0.2, 0.25) is 0 Å². The highest BCUT2D eigenvalue weighted by atomic mass is 79.9. The first-order chi connectivity index (χ1) is 8.78. The number of aromatic nitrogens is 2. The normalized spacial score (nSPS) is 17.2. The van der Waals surface area contributed by atoms with Crippen LogP contribution in [-0.2, 0) is 0 Å². The molecule has 1 radical (unpaired) electrons. The predicted molar refractivity (Wildman–Crippen MR) is 75.8 cm³/mol. The summed E-state index contributed by atoms with van der Waals surface area (Å²) in [4.78, 5) is 0. The number of hydrogen-bond donors (Lipinski definition) is 0. The van der Waals surface area contributed by atoms with Gasteiger partial charge in [0.05, 0.1) is 23.1 Å². The van der Waals surface area contributed by atoms with Crippen molar-refractivity contribution < 1.29 is 4.74 Å². The molecule has 0 saturated heterocycles. The predicted octanol–water partition coefficient (Wildman–Crippen LogP) is 4.13. The van der Waals surface area contributed by atoms with E-state index in [4.69, 9.17) is 4.74 Å². The van der Waals surface area contributed by atoms with E-state index in [1.807, 2.05) is 6.07 Å². The third-order valence-electron chi connectivity index (χ3n) is 3.58. The first kappa shape index (κ1) is 12.0. The number of nitrogens with zero attached hydrogens (tertiary/aromatic N) is 2. The summed E-state index contributed by atoms with van der Waals surface area (Å²) < 4.78 is 8.42. The lowest BCUT2D eigenvalue weighted by atomic mass is 9.96. The molecule has 1 fully saturated rings. The van der Waals surface area contributed by atoms with E-state index in [-0.39, 0.29) is 0 Å². The summed E-state index contributed by atoms with van der Waals surface area (Å²) in [6, 6.07) is 4.62. The van der Waals surface area contributed by atoms with E-state index < -0.39 is 0 Å². The zero-order chi connectivity index (χ0) is 12.5. The Hall–Kier alpha value is -1.03. The standard InChI is InChI=1S/C14H16BrN2O/c1-18-14-8-13-10(7-12(14)15)9-17(16-13)11-5-3-2-4-6-11/h2,7-9,11H,3-6H2,1H3. The third-order valence-corrected chi connectivity index (χ3v) is 4.20. The molecule has 3 nitrogen and oxygen atoms in total. The minimum atomic E-state index is 0.548. The fraction of sp³-hybridized carbons (Fsp3) is 0.429. The molecule has 4 heteroatoms. The molecule has 0 spiro atoms. The van der Waals surface area contributed by atoms with Crippen LogP contribution >= 0.6 is 15.9 Å². The quantitative estimate of drug-likeness (QED) is 0.834. The second kappa shape index (κ2) is 4.92. The van der Waals surface area contributed by atoms with E-state index in [2.05, 4.69) is 44.4 Å². The van der Waals surface area contributed by atoms with E-state index in [1.165, 1.54) is 25.7 Å². The summed E-state index contributed by atoms with van der Waals surface area (Å²) in [6.07, 6.45) is 9.33. The maximum atomic E-state index is 5.31. The van der Waals surface area contributed by atoms with Gasteiger partial charge in [0.1, 0.15) is 5.75 Å². The molecule has 1 aromatic carbocycles. The summed E-state index contributed by atoms with van der Waals surface area (Å²) in [7, 11) is 1.68. The molecule has 2 aromatic rings. The Morgan fingerprint density at radius 2 is 2.11 bits per heavy atom. The number of hydrogen-bond acceptors (Lipinski definition) is 2. The van der Waals surface area contributed by atoms with Crippen LogP contribution in [0.25, 0.3) is 10.9 Å². The molecule has 0 N–H and O–H groups in total. The number of halogens is 1. The van der Waals surface area contributed by atoms with Gasteiger partial charge in [0.25, 0.3) is 0 Å². The molecular formula is C14H16BrN2O. The molecule has 0 amide bonds. The zero-order valence-corrected chi connectivity index (χ0v) is 12.0. The molecule has 0 aliphatic heterocycles. The van der Waals surface area contributed by atoms with Crippen molar-refractivity contribution in [3.63, 3.8) is 0 Å². The Balaban J connectivity index is 1.99. The molecule has 1 heterocycles. The number of ether oxygens (including phenoxy) is 1. The summed E-state index contributed by atoms with van der Waals surface area (Å²) in [5, 5.41) is 5.85. The van der Waals surface area contributed by atoms with E-state index in [0.717, 1.165) is 21.1 Å². The van der Waals surface area contributed by atoms with Crippen LogP contribution in [0.15, 0.2) is 22.8 Å². The third kappa shape index (κ3) is 2.14. The van der Waals surface area contributed by atoms with Gasteiger partial charge in [0.15, 0.2) is 0 Å². The lowest BCUT2D eigenvalue weighted by Gasteiger charge is -2.21. The van der Waals surface area contributed by atoms with Crippen LogP contribution < -0.4 is 4.74 Å². The molecule has 95 valence electrons. The van der Waals surface area contributed by atoms with Crippen molar-refractivity contribution in [2.45, 2.75) is 31.7 Å². The van der Waals surface area contributed by atoms with Gasteiger partial charge in [0, 0.05) is 17.6 Å². The van der Waals surface area contributed by atoms with Gasteiger partial charge in [-0.05, 0) is 54.1 Å².